The first-order valence-electron chi connectivity index (χ1n) is 7.00. The van der Waals surface area contributed by atoms with E-state index in [0.717, 1.165) is 6.54 Å². The largest absolute Gasteiger partial charge is 0.310 e. The second kappa shape index (κ2) is 5.43. The average molecular weight is 272 g/mol. The summed E-state index contributed by atoms with van der Waals surface area (Å²) in [5, 5.41) is 4.74. The molecule has 1 heterocycles. The molecule has 0 aliphatic heterocycles. The lowest BCUT2D eigenvalue weighted by Gasteiger charge is -2.08. The van der Waals surface area contributed by atoms with Crippen LogP contribution < -0.4 is 5.32 Å². The Morgan fingerprint density at radius 3 is 3.05 bits per heavy atom. The Balaban J connectivity index is 1.77. The topological polar surface area (TPSA) is 24.9 Å². The minimum atomic E-state index is 0.522. The molecule has 0 radical (unpaired) electrons. The van der Waals surface area contributed by atoms with Crippen LogP contribution in [0.5, 0.6) is 0 Å². The summed E-state index contributed by atoms with van der Waals surface area (Å²) in [6, 6.07) is 9.33. The molecule has 1 aromatic heterocycles. The molecule has 3 heteroatoms. The van der Waals surface area contributed by atoms with Gasteiger partial charge in [0.25, 0.3) is 0 Å². The van der Waals surface area contributed by atoms with Gasteiger partial charge in [0, 0.05) is 29.6 Å². The van der Waals surface area contributed by atoms with Crippen molar-refractivity contribution < 1.29 is 0 Å². The smallest absolute Gasteiger partial charge is 0.100 e. The van der Waals surface area contributed by atoms with Gasteiger partial charge in [0.05, 0.1) is 0 Å². The first-order valence-corrected chi connectivity index (χ1v) is 7.81. The lowest BCUT2D eigenvalue weighted by Crippen LogP contribution is -2.21. The van der Waals surface area contributed by atoms with E-state index >= 15 is 0 Å². The van der Waals surface area contributed by atoms with Gasteiger partial charge in [-0.05, 0) is 24.0 Å². The SMILES string of the molecule is CC(C)NCc1cnc(C2CCc3ccccc32)s1. The number of nitrogens with zero attached hydrogens (tertiary/aromatic N) is 1. The molecule has 0 bridgehead atoms. The van der Waals surface area contributed by atoms with Crippen LogP contribution in [0.2, 0.25) is 0 Å². The predicted octanol–water partition coefficient (Wildman–Crippen LogP) is 3.72. The third kappa shape index (κ3) is 2.72. The van der Waals surface area contributed by atoms with E-state index in [1.54, 1.807) is 0 Å². The molecule has 0 spiro atoms. The van der Waals surface area contributed by atoms with E-state index in [0.29, 0.717) is 12.0 Å². The van der Waals surface area contributed by atoms with Crippen molar-refractivity contribution in [3.8, 4) is 0 Å². The second-order valence-electron chi connectivity index (χ2n) is 5.49. The Bertz CT molecular complexity index is 559. The molecule has 1 atom stereocenters. The summed E-state index contributed by atoms with van der Waals surface area (Å²) >= 11 is 1.86. The molecule has 0 saturated heterocycles. The number of rotatable bonds is 4. The third-order valence-corrected chi connectivity index (χ3v) is 4.80. The molecular weight excluding hydrogens is 252 g/mol. The monoisotopic (exact) mass is 272 g/mol. The van der Waals surface area contributed by atoms with Gasteiger partial charge >= 0.3 is 0 Å². The number of nitrogens with one attached hydrogen (secondary N) is 1. The standard InChI is InChI=1S/C16H20N2S/c1-11(2)17-9-13-10-18-16(19-13)15-8-7-12-5-3-4-6-14(12)15/h3-6,10-11,15,17H,7-9H2,1-2H3. The molecule has 0 fully saturated rings. The van der Waals surface area contributed by atoms with Gasteiger partial charge in [-0.1, -0.05) is 38.1 Å². The molecule has 3 rings (SSSR count). The summed E-state index contributed by atoms with van der Waals surface area (Å²) < 4.78 is 0. The van der Waals surface area contributed by atoms with Crippen molar-refractivity contribution in [1.29, 1.82) is 0 Å². The first kappa shape index (κ1) is 12.8. The highest BCUT2D eigenvalue weighted by Gasteiger charge is 2.25. The number of hydrogen-bond acceptors (Lipinski definition) is 3. The van der Waals surface area contributed by atoms with Gasteiger partial charge in [-0.25, -0.2) is 4.98 Å². The highest BCUT2D eigenvalue weighted by Crippen LogP contribution is 2.39. The van der Waals surface area contributed by atoms with Crippen molar-refractivity contribution >= 4 is 11.3 Å². The van der Waals surface area contributed by atoms with E-state index < -0.39 is 0 Å². The highest BCUT2D eigenvalue weighted by molar-refractivity contribution is 7.11. The van der Waals surface area contributed by atoms with Crippen LogP contribution in [0.1, 0.15) is 47.2 Å². The van der Waals surface area contributed by atoms with Gasteiger partial charge in [0.1, 0.15) is 5.01 Å². The van der Waals surface area contributed by atoms with Crippen LogP contribution in [-0.2, 0) is 13.0 Å². The maximum atomic E-state index is 4.65. The number of fused-ring (bicyclic) bond motifs is 1. The van der Waals surface area contributed by atoms with Crippen LogP contribution in [0.25, 0.3) is 0 Å². The Labute approximate surface area is 118 Å². The molecule has 0 saturated carbocycles. The van der Waals surface area contributed by atoms with Crippen LogP contribution in [0.3, 0.4) is 0 Å². The van der Waals surface area contributed by atoms with Crippen LogP contribution in [0, 0.1) is 0 Å². The van der Waals surface area contributed by atoms with E-state index in [1.807, 2.05) is 17.5 Å². The number of aryl methyl sites for hydroxylation is 1. The number of thiazole rings is 1. The lowest BCUT2D eigenvalue weighted by molar-refractivity contribution is 0.593. The fourth-order valence-electron chi connectivity index (χ4n) is 2.68. The molecule has 1 unspecified atom stereocenters. The predicted molar refractivity (Wildman–Crippen MR) is 80.7 cm³/mol. The van der Waals surface area contributed by atoms with E-state index in [2.05, 4.69) is 48.4 Å². The van der Waals surface area contributed by atoms with Gasteiger partial charge in [0.15, 0.2) is 0 Å². The van der Waals surface area contributed by atoms with E-state index in [1.165, 1.54) is 33.9 Å². The first-order chi connectivity index (χ1) is 9.24. The molecule has 1 aliphatic rings. The molecule has 1 aromatic carbocycles. The van der Waals surface area contributed by atoms with Crippen LogP contribution in [0.4, 0.5) is 0 Å². The Kier molecular flexibility index (Phi) is 3.67. The summed E-state index contributed by atoms with van der Waals surface area (Å²) in [6.45, 7) is 5.29. The van der Waals surface area contributed by atoms with Gasteiger partial charge in [0.2, 0.25) is 0 Å². The van der Waals surface area contributed by atoms with Crippen LogP contribution in [-0.4, -0.2) is 11.0 Å². The molecule has 19 heavy (non-hydrogen) atoms. The molecule has 100 valence electrons. The van der Waals surface area contributed by atoms with E-state index in [9.17, 15) is 0 Å². The minimum Gasteiger partial charge on any atom is -0.310 e. The van der Waals surface area contributed by atoms with Gasteiger partial charge < -0.3 is 5.32 Å². The maximum absolute atomic E-state index is 4.65. The van der Waals surface area contributed by atoms with Crippen LogP contribution >= 0.6 is 11.3 Å². The molecule has 1 N–H and O–H groups in total. The molecule has 2 nitrogen and oxygen atoms in total. The molecular formula is C16H20N2S. The van der Waals surface area contributed by atoms with Crippen LogP contribution in [0.15, 0.2) is 30.5 Å². The Morgan fingerprint density at radius 1 is 1.37 bits per heavy atom. The zero-order valence-corrected chi connectivity index (χ0v) is 12.3. The van der Waals surface area contributed by atoms with Crippen molar-refractivity contribution in [2.75, 3.05) is 0 Å². The fraction of sp³-hybridized carbons (Fsp3) is 0.438. The summed E-state index contributed by atoms with van der Waals surface area (Å²) in [7, 11) is 0. The van der Waals surface area contributed by atoms with Gasteiger partial charge in [-0.2, -0.15) is 0 Å². The van der Waals surface area contributed by atoms with Crippen molar-refractivity contribution in [3.63, 3.8) is 0 Å². The van der Waals surface area contributed by atoms with E-state index in [-0.39, 0.29) is 0 Å². The Hall–Kier alpha value is -1.19. The molecule has 0 amide bonds. The molecule has 1 aliphatic carbocycles. The lowest BCUT2D eigenvalue weighted by atomic mass is 10.0. The second-order valence-corrected chi connectivity index (χ2v) is 6.64. The quantitative estimate of drug-likeness (QED) is 0.917. The Morgan fingerprint density at radius 2 is 2.21 bits per heavy atom. The van der Waals surface area contributed by atoms with E-state index in [4.69, 9.17) is 0 Å². The number of aromatic nitrogens is 1. The average Bonchev–Trinajstić information content (AvgIpc) is 3.02. The van der Waals surface area contributed by atoms with Crippen molar-refractivity contribution in [1.82, 2.24) is 10.3 Å². The van der Waals surface area contributed by atoms with Crippen molar-refractivity contribution in [2.24, 2.45) is 0 Å². The summed E-state index contributed by atoms with van der Waals surface area (Å²) in [5.41, 5.74) is 2.99. The van der Waals surface area contributed by atoms with Crippen molar-refractivity contribution in [3.05, 3.63) is 51.5 Å². The minimum absolute atomic E-state index is 0.522. The highest BCUT2D eigenvalue weighted by atomic mass is 32.1. The normalized spacial score (nSPS) is 17.9. The molecule has 2 aromatic rings. The zero-order chi connectivity index (χ0) is 13.2. The summed E-state index contributed by atoms with van der Waals surface area (Å²) in [6.07, 6.45) is 4.44. The van der Waals surface area contributed by atoms with Gasteiger partial charge in [-0.3, -0.25) is 0 Å². The zero-order valence-electron chi connectivity index (χ0n) is 11.5. The summed E-state index contributed by atoms with van der Waals surface area (Å²) in [5.74, 6) is 0.522. The van der Waals surface area contributed by atoms with Crippen molar-refractivity contribution in [2.45, 2.75) is 45.2 Å². The maximum Gasteiger partial charge on any atom is 0.100 e. The third-order valence-electron chi connectivity index (χ3n) is 3.69. The summed E-state index contributed by atoms with van der Waals surface area (Å²) in [4.78, 5) is 5.99. The number of hydrogen-bond donors (Lipinski definition) is 1. The number of benzene rings is 1. The van der Waals surface area contributed by atoms with Gasteiger partial charge in [-0.15, -0.1) is 11.3 Å². The fourth-order valence-corrected chi connectivity index (χ4v) is 3.71.